The number of nitrogens with one attached hydrogen (secondary N) is 1. The van der Waals surface area contributed by atoms with Crippen molar-refractivity contribution in [2.24, 2.45) is 0 Å². The smallest absolute Gasteiger partial charge is 0.221 e. The number of aromatic nitrogens is 1. The summed E-state index contributed by atoms with van der Waals surface area (Å²) in [5.74, 6) is -0.283. The van der Waals surface area contributed by atoms with E-state index in [0.29, 0.717) is 15.5 Å². The van der Waals surface area contributed by atoms with E-state index < -0.39 is 0 Å². The van der Waals surface area contributed by atoms with Crippen molar-refractivity contribution in [1.82, 2.24) is 4.98 Å². The maximum atomic E-state index is 11.1. The van der Waals surface area contributed by atoms with Gasteiger partial charge in [-0.3, -0.25) is 4.79 Å². The number of fused-ring (bicyclic) bond motifs is 1. The highest BCUT2D eigenvalue weighted by Gasteiger charge is 2.12. The Morgan fingerprint density at radius 2 is 2.28 bits per heavy atom. The minimum atomic E-state index is -0.224. The molecule has 0 aliphatic rings. The number of anilines is 1. The maximum absolute atomic E-state index is 11.1. The number of carbonyl (C=O) groups excluding carboxylic acids is 1. The van der Waals surface area contributed by atoms with Crippen LogP contribution in [0.2, 0.25) is 0 Å². The van der Waals surface area contributed by atoms with Crippen LogP contribution in [0.1, 0.15) is 12.6 Å². The monoisotopic (exact) mass is 305 g/mol. The zero-order valence-electron chi connectivity index (χ0n) is 9.36. The molecule has 0 fully saturated rings. The van der Waals surface area contributed by atoms with E-state index >= 15 is 0 Å². The number of nitriles is 1. The number of amides is 1. The first-order valence-corrected chi connectivity index (χ1v) is 5.82. The molecule has 1 amide bonds. The van der Waals surface area contributed by atoms with Gasteiger partial charge in [-0.25, -0.2) is 4.98 Å². The second-order valence-corrected chi connectivity index (χ2v) is 4.49. The molecule has 2 rings (SSSR count). The van der Waals surface area contributed by atoms with Crippen LogP contribution in [0.15, 0.2) is 22.7 Å². The van der Waals surface area contributed by atoms with Gasteiger partial charge in [0.2, 0.25) is 5.91 Å². The van der Waals surface area contributed by atoms with Crippen molar-refractivity contribution >= 4 is 38.4 Å². The minimum absolute atomic E-state index is 0.0591. The van der Waals surface area contributed by atoms with Crippen molar-refractivity contribution < 1.29 is 9.90 Å². The summed E-state index contributed by atoms with van der Waals surface area (Å²) < 4.78 is 0.404. The van der Waals surface area contributed by atoms with Crippen LogP contribution in [0.25, 0.3) is 10.9 Å². The molecule has 18 heavy (non-hydrogen) atoms. The quantitative estimate of drug-likeness (QED) is 0.793. The molecule has 0 bridgehead atoms. The Kier molecular flexibility index (Phi) is 3.17. The van der Waals surface area contributed by atoms with Crippen LogP contribution in [0.3, 0.4) is 0 Å². The predicted octanol–water partition coefficient (Wildman–Crippen LogP) is 2.53. The molecule has 90 valence electrons. The summed E-state index contributed by atoms with van der Waals surface area (Å²) in [5, 5.41) is 21.9. The standard InChI is InChI=1S/C12H8BrN3O2/c1-6(17)15-10-4-9(13)12(18)11-8(10)3-2-7(5-14)16-11/h2-4,18H,1H3,(H,15,17). The fourth-order valence-electron chi connectivity index (χ4n) is 1.60. The number of hydrogen-bond donors (Lipinski definition) is 2. The van der Waals surface area contributed by atoms with Gasteiger partial charge < -0.3 is 10.4 Å². The lowest BCUT2D eigenvalue weighted by molar-refractivity contribution is -0.114. The van der Waals surface area contributed by atoms with E-state index in [0.717, 1.165) is 0 Å². The van der Waals surface area contributed by atoms with Gasteiger partial charge in [-0.1, -0.05) is 0 Å². The van der Waals surface area contributed by atoms with Crippen molar-refractivity contribution in [1.29, 1.82) is 5.26 Å². The van der Waals surface area contributed by atoms with Gasteiger partial charge in [0.15, 0.2) is 5.75 Å². The Labute approximate surface area is 111 Å². The van der Waals surface area contributed by atoms with E-state index in [1.807, 2.05) is 6.07 Å². The predicted molar refractivity (Wildman–Crippen MR) is 70.1 cm³/mol. The van der Waals surface area contributed by atoms with Gasteiger partial charge in [-0.05, 0) is 34.1 Å². The summed E-state index contributed by atoms with van der Waals surface area (Å²) in [5.41, 5.74) is 0.996. The van der Waals surface area contributed by atoms with Gasteiger partial charge in [0.25, 0.3) is 0 Å². The highest BCUT2D eigenvalue weighted by atomic mass is 79.9. The average molecular weight is 306 g/mol. The number of hydrogen-bond acceptors (Lipinski definition) is 4. The molecule has 0 unspecified atom stereocenters. The molecule has 2 N–H and O–H groups in total. The number of carbonyl (C=O) groups is 1. The zero-order valence-corrected chi connectivity index (χ0v) is 10.9. The first-order chi connectivity index (χ1) is 8.52. The third-order valence-electron chi connectivity index (χ3n) is 2.33. The van der Waals surface area contributed by atoms with Crippen molar-refractivity contribution in [3.8, 4) is 11.8 Å². The van der Waals surface area contributed by atoms with E-state index in [1.54, 1.807) is 12.1 Å². The zero-order chi connectivity index (χ0) is 13.3. The van der Waals surface area contributed by atoms with Crippen molar-refractivity contribution in [2.45, 2.75) is 6.92 Å². The SMILES string of the molecule is CC(=O)Nc1cc(Br)c(O)c2nc(C#N)ccc12. The fourth-order valence-corrected chi connectivity index (χ4v) is 2.01. The molecular formula is C12H8BrN3O2. The van der Waals surface area contributed by atoms with Crippen LogP contribution in [0, 0.1) is 11.3 Å². The molecule has 0 atom stereocenters. The highest BCUT2D eigenvalue weighted by Crippen LogP contribution is 2.36. The summed E-state index contributed by atoms with van der Waals surface area (Å²) in [4.78, 5) is 15.1. The van der Waals surface area contributed by atoms with Crippen molar-refractivity contribution in [3.05, 3.63) is 28.4 Å². The van der Waals surface area contributed by atoms with Crippen LogP contribution in [0.4, 0.5) is 5.69 Å². The highest BCUT2D eigenvalue weighted by molar-refractivity contribution is 9.10. The lowest BCUT2D eigenvalue weighted by Gasteiger charge is -2.09. The van der Waals surface area contributed by atoms with E-state index in [2.05, 4.69) is 26.2 Å². The summed E-state index contributed by atoms with van der Waals surface area (Å²) in [6.45, 7) is 1.39. The Morgan fingerprint density at radius 3 is 2.89 bits per heavy atom. The normalized spacial score (nSPS) is 10.1. The minimum Gasteiger partial charge on any atom is -0.505 e. The van der Waals surface area contributed by atoms with Crippen LogP contribution in [-0.4, -0.2) is 16.0 Å². The Morgan fingerprint density at radius 1 is 1.56 bits per heavy atom. The lowest BCUT2D eigenvalue weighted by atomic mass is 10.1. The second kappa shape index (κ2) is 4.63. The van der Waals surface area contributed by atoms with Gasteiger partial charge in [0, 0.05) is 12.3 Å². The topological polar surface area (TPSA) is 86.0 Å². The molecule has 0 spiro atoms. The molecule has 1 aromatic heterocycles. The first-order valence-electron chi connectivity index (χ1n) is 5.03. The van der Waals surface area contributed by atoms with Gasteiger partial charge in [0.1, 0.15) is 17.3 Å². The Hall–Kier alpha value is -2.13. The number of rotatable bonds is 1. The molecule has 1 heterocycles. The third kappa shape index (κ3) is 2.13. The van der Waals surface area contributed by atoms with Gasteiger partial charge in [0.05, 0.1) is 10.2 Å². The second-order valence-electron chi connectivity index (χ2n) is 3.64. The molecule has 5 nitrogen and oxygen atoms in total. The summed E-state index contributed by atoms with van der Waals surface area (Å²) in [6, 6.07) is 6.66. The van der Waals surface area contributed by atoms with E-state index in [1.165, 1.54) is 13.0 Å². The number of halogens is 1. The molecule has 1 aromatic carbocycles. The molecule has 6 heteroatoms. The molecule has 0 radical (unpaired) electrons. The molecule has 0 saturated carbocycles. The largest absolute Gasteiger partial charge is 0.505 e. The van der Waals surface area contributed by atoms with E-state index in [-0.39, 0.29) is 22.9 Å². The molecule has 2 aromatic rings. The number of aromatic hydroxyl groups is 1. The summed E-state index contributed by atoms with van der Waals surface area (Å²) >= 11 is 3.18. The molecule has 0 aliphatic heterocycles. The van der Waals surface area contributed by atoms with Crippen molar-refractivity contribution in [2.75, 3.05) is 5.32 Å². The Bertz CT molecular complexity index is 692. The molecule has 0 saturated heterocycles. The maximum Gasteiger partial charge on any atom is 0.221 e. The number of benzene rings is 1. The molecule has 0 aliphatic carbocycles. The van der Waals surface area contributed by atoms with Crippen LogP contribution >= 0.6 is 15.9 Å². The van der Waals surface area contributed by atoms with Gasteiger partial charge in [-0.2, -0.15) is 5.26 Å². The average Bonchev–Trinajstić information content (AvgIpc) is 2.34. The number of phenols is 1. The van der Waals surface area contributed by atoms with Crippen molar-refractivity contribution in [3.63, 3.8) is 0 Å². The van der Waals surface area contributed by atoms with Crippen LogP contribution < -0.4 is 5.32 Å². The van der Waals surface area contributed by atoms with Gasteiger partial charge in [-0.15, -0.1) is 0 Å². The fraction of sp³-hybridized carbons (Fsp3) is 0.0833. The lowest BCUT2D eigenvalue weighted by Crippen LogP contribution is -2.06. The number of phenolic OH excluding ortho intramolecular Hbond substituents is 1. The van der Waals surface area contributed by atoms with E-state index in [4.69, 9.17) is 5.26 Å². The summed E-state index contributed by atoms with van der Waals surface area (Å²) in [6.07, 6.45) is 0. The number of pyridine rings is 1. The molecular weight excluding hydrogens is 298 g/mol. The van der Waals surface area contributed by atoms with Gasteiger partial charge >= 0.3 is 0 Å². The first kappa shape index (κ1) is 12.3. The van der Waals surface area contributed by atoms with Crippen LogP contribution in [-0.2, 0) is 4.79 Å². The van der Waals surface area contributed by atoms with E-state index in [9.17, 15) is 9.90 Å². The number of nitrogens with zero attached hydrogens (tertiary/aromatic N) is 2. The Balaban J connectivity index is 2.78. The van der Waals surface area contributed by atoms with Crippen LogP contribution in [0.5, 0.6) is 5.75 Å². The summed E-state index contributed by atoms with van der Waals surface area (Å²) in [7, 11) is 0. The third-order valence-corrected chi connectivity index (χ3v) is 2.94.